The van der Waals surface area contributed by atoms with Crippen LogP contribution in [0.15, 0.2) is 22.3 Å². The van der Waals surface area contributed by atoms with Crippen LogP contribution in [-0.2, 0) is 0 Å². The molecule has 0 heterocycles. The highest BCUT2D eigenvalue weighted by molar-refractivity contribution is 5.95. The molecular weight excluding hydrogens is 358 g/mol. The van der Waals surface area contributed by atoms with Gasteiger partial charge in [-0.2, -0.15) is 0 Å². The highest BCUT2D eigenvalue weighted by Gasteiger charge is 2.75. The van der Waals surface area contributed by atoms with Gasteiger partial charge in [-0.3, -0.25) is 16.1 Å². The van der Waals surface area contributed by atoms with Gasteiger partial charge in [-0.1, -0.05) is 63.8 Å². The maximum absolute atomic E-state index is 8.28. The Morgan fingerprint density at radius 2 is 1.10 bits per heavy atom. The Hall–Kier alpha value is -1.78. The minimum atomic E-state index is 0.247. The molecule has 0 aromatic rings. The van der Waals surface area contributed by atoms with Crippen molar-refractivity contribution in [3.8, 4) is 0 Å². The quantitative estimate of drug-likeness (QED) is 0.289. The van der Waals surface area contributed by atoms with Gasteiger partial charge in [-0.25, -0.2) is 0 Å². The molecule has 0 saturated heterocycles. The number of hydrogen-bond donors (Lipinski definition) is 5. The lowest BCUT2D eigenvalue weighted by Crippen LogP contribution is -2.74. The Balaban J connectivity index is 1.02. The van der Waals surface area contributed by atoms with Crippen LogP contribution in [0.1, 0.15) is 41.5 Å². The Morgan fingerprint density at radius 1 is 0.724 bits per heavy atom. The van der Waals surface area contributed by atoms with Gasteiger partial charge in [0.15, 0.2) is 11.9 Å². The molecule has 29 heavy (non-hydrogen) atoms. The molecule has 6 aliphatic rings. The number of allylic oxidation sites excluding steroid dienone is 2. The molecular formula is C24H35N5. The molecule has 5 heteroatoms. The van der Waals surface area contributed by atoms with Crippen LogP contribution in [0.4, 0.5) is 0 Å². The van der Waals surface area contributed by atoms with E-state index in [1.165, 1.54) is 0 Å². The van der Waals surface area contributed by atoms with E-state index >= 15 is 0 Å². The van der Waals surface area contributed by atoms with Crippen molar-refractivity contribution in [1.29, 1.82) is 10.8 Å². The van der Waals surface area contributed by atoms with E-state index in [4.69, 9.17) is 10.8 Å². The molecule has 10 unspecified atom stereocenters. The summed E-state index contributed by atoms with van der Waals surface area (Å²) < 4.78 is 0. The Labute approximate surface area is 174 Å². The van der Waals surface area contributed by atoms with E-state index in [9.17, 15) is 0 Å². The molecule has 0 amide bonds. The number of rotatable bonds is 4. The van der Waals surface area contributed by atoms with E-state index < -0.39 is 0 Å². The van der Waals surface area contributed by atoms with E-state index in [0.29, 0.717) is 23.7 Å². The molecule has 0 aromatic heterocycles. The van der Waals surface area contributed by atoms with Crippen molar-refractivity contribution in [3.63, 3.8) is 0 Å². The predicted octanol–water partition coefficient (Wildman–Crippen LogP) is 3.32. The average molecular weight is 394 g/mol. The second-order valence-corrected chi connectivity index (χ2v) is 11.1. The Morgan fingerprint density at radius 3 is 1.41 bits per heavy atom. The summed E-state index contributed by atoms with van der Waals surface area (Å²) in [5.74, 6) is 6.36. The van der Waals surface area contributed by atoms with E-state index in [2.05, 4.69) is 57.5 Å². The van der Waals surface area contributed by atoms with E-state index in [1.54, 1.807) is 22.3 Å². The van der Waals surface area contributed by atoms with Gasteiger partial charge < -0.3 is 10.6 Å². The fourth-order valence-electron chi connectivity index (χ4n) is 9.44. The molecule has 156 valence electrons. The first-order valence-corrected chi connectivity index (χ1v) is 11.6. The lowest BCUT2D eigenvalue weighted by atomic mass is 9.27. The van der Waals surface area contributed by atoms with Crippen molar-refractivity contribution < 1.29 is 0 Å². The maximum atomic E-state index is 8.28. The molecule has 10 atom stereocenters. The smallest absolute Gasteiger partial charge is 0.195 e. The van der Waals surface area contributed by atoms with Gasteiger partial charge in [0.1, 0.15) is 0 Å². The third-order valence-electron chi connectivity index (χ3n) is 10.9. The summed E-state index contributed by atoms with van der Waals surface area (Å²) >= 11 is 0. The van der Waals surface area contributed by atoms with Crippen LogP contribution in [0.3, 0.4) is 0 Å². The SMILES string of the molecule is CC1C2=C3C1C(C)C3(CNC(=N)NC(=N)NCC13C4=C(C(C)C4C1C)C3C)C2C. The van der Waals surface area contributed by atoms with Crippen molar-refractivity contribution in [2.45, 2.75) is 41.5 Å². The molecule has 0 bridgehead atoms. The van der Waals surface area contributed by atoms with Gasteiger partial charge in [0.05, 0.1) is 0 Å². The van der Waals surface area contributed by atoms with E-state index in [1.807, 2.05) is 0 Å². The topological polar surface area (TPSA) is 83.8 Å². The average Bonchev–Trinajstić information content (AvgIpc) is 2.64. The van der Waals surface area contributed by atoms with Gasteiger partial charge in [-0.15, -0.1) is 0 Å². The van der Waals surface area contributed by atoms with Crippen LogP contribution in [0.2, 0.25) is 0 Å². The van der Waals surface area contributed by atoms with Crippen molar-refractivity contribution in [2.75, 3.05) is 13.1 Å². The van der Waals surface area contributed by atoms with Crippen LogP contribution >= 0.6 is 0 Å². The van der Waals surface area contributed by atoms with E-state index in [-0.39, 0.29) is 22.7 Å². The second kappa shape index (κ2) is 5.09. The Bertz CT molecular complexity index is 856. The fourth-order valence-corrected chi connectivity index (χ4v) is 9.44. The summed E-state index contributed by atoms with van der Waals surface area (Å²) in [4.78, 5) is 0. The lowest BCUT2D eigenvalue weighted by molar-refractivity contribution is -0.0969. The van der Waals surface area contributed by atoms with Crippen LogP contribution in [-0.4, -0.2) is 25.0 Å². The van der Waals surface area contributed by atoms with Crippen LogP contribution < -0.4 is 16.0 Å². The summed E-state index contributed by atoms with van der Waals surface area (Å²) in [5.41, 5.74) is 7.34. The molecule has 2 saturated carbocycles. The minimum Gasteiger partial charge on any atom is -0.355 e. The first kappa shape index (κ1) is 18.0. The minimum absolute atomic E-state index is 0.247. The second-order valence-electron chi connectivity index (χ2n) is 11.1. The van der Waals surface area contributed by atoms with Gasteiger partial charge in [0, 0.05) is 23.9 Å². The van der Waals surface area contributed by atoms with E-state index in [0.717, 1.165) is 36.8 Å². The zero-order valence-electron chi connectivity index (χ0n) is 18.5. The fraction of sp³-hybridized carbons (Fsp3) is 0.750. The highest BCUT2D eigenvalue weighted by Crippen LogP contribution is 2.80. The molecule has 0 aliphatic heterocycles. The first-order valence-electron chi connectivity index (χ1n) is 11.6. The molecule has 6 aliphatic carbocycles. The lowest BCUT2D eigenvalue weighted by Gasteiger charge is -2.77. The van der Waals surface area contributed by atoms with Crippen LogP contribution in [0.5, 0.6) is 0 Å². The molecule has 5 nitrogen and oxygen atoms in total. The normalized spacial score (nSPS) is 51.7. The summed E-state index contributed by atoms with van der Waals surface area (Å²) in [6, 6.07) is 0. The molecule has 0 aromatic carbocycles. The molecule has 2 fully saturated rings. The summed E-state index contributed by atoms with van der Waals surface area (Å²) in [6.07, 6.45) is 0. The number of hydrogen-bond acceptors (Lipinski definition) is 2. The van der Waals surface area contributed by atoms with Gasteiger partial charge >= 0.3 is 0 Å². The predicted molar refractivity (Wildman–Crippen MR) is 115 cm³/mol. The first-order chi connectivity index (χ1) is 13.7. The van der Waals surface area contributed by atoms with Crippen molar-refractivity contribution in [3.05, 3.63) is 22.3 Å². The summed E-state index contributed by atoms with van der Waals surface area (Å²) in [5, 5.41) is 26.1. The standard InChI is InChI=1S/C24H35N5/c1-9-15-11(3)23(12(4)16(9)19(15)23)7-27-21(25)29-22(26)28-8-24-13(5)17-10(2)18(14(24)6)20(17)24/h9-15,17H,7-8H2,1-6H3,(H5,25,26,27,28,29). The largest absolute Gasteiger partial charge is 0.355 e. The molecule has 0 radical (unpaired) electrons. The van der Waals surface area contributed by atoms with Crippen molar-refractivity contribution >= 4 is 11.9 Å². The Kier molecular flexibility index (Phi) is 3.17. The van der Waals surface area contributed by atoms with Gasteiger partial charge in [-0.05, 0) is 47.3 Å². The number of nitrogens with one attached hydrogen (secondary N) is 5. The van der Waals surface area contributed by atoms with Crippen molar-refractivity contribution in [1.82, 2.24) is 16.0 Å². The zero-order valence-corrected chi connectivity index (χ0v) is 18.5. The highest BCUT2D eigenvalue weighted by atomic mass is 15.2. The van der Waals surface area contributed by atoms with Gasteiger partial charge in [0.2, 0.25) is 0 Å². The number of guanidine groups is 2. The van der Waals surface area contributed by atoms with Crippen LogP contribution in [0.25, 0.3) is 0 Å². The monoisotopic (exact) mass is 393 g/mol. The van der Waals surface area contributed by atoms with Crippen LogP contribution in [0, 0.1) is 69.0 Å². The van der Waals surface area contributed by atoms with Crippen molar-refractivity contribution in [2.24, 2.45) is 58.2 Å². The zero-order chi connectivity index (χ0) is 20.6. The third kappa shape index (κ3) is 1.59. The summed E-state index contributed by atoms with van der Waals surface area (Å²) in [6.45, 7) is 15.9. The maximum Gasteiger partial charge on any atom is 0.195 e. The van der Waals surface area contributed by atoms with Gasteiger partial charge in [0.25, 0.3) is 0 Å². The third-order valence-corrected chi connectivity index (χ3v) is 10.9. The molecule has 5 N–H and O–H groups in total. The molecule has 0 spiro atoms. The summed E-state index contributed by atoms with van der Waals surface area (Å²) in [7, 11) is 0. The molecule has 6 rings (SSSR count).